The molecule has 3 aromatic rings. The average molecular weight is 431 g/mol. The molecule has 164 valence electrons. The van der Waals surface area contributed by atoms with E-state index in [2.05, 4.69) is 12.1 Å². The molecule has 4 rings (SSSR count). The highest BCUT2D eigenvalue weighted by molar-refractivity contribution is 5.95. The summed E-state index contributed by atoms with van der Waals surface area (Å²) in [7, 11) is 3.83. The second kappa shape index (κ2) is 8.75. The van der Waals surface area contributed by atoms with Gasteiger partial charge >= 0.3 is 12.1 Å². The predicted molar refractivity (Wildman–Crippen MR) is 125 cm³/mol. The summed E-state index contributed by atoms with van der Waals surface area (Å²) >= 11 is 0. The molecule has 0 saturated carbocycles. The van der Waals surface area contributed by atoms with E-state index in [0.717, 1.165) is 27.9 Å². The van der Waals surface area contributed by atoms with Gasteiger partial charge in [0.05, 0.1) is 0 Å². The Balaban J connectivity index is 1.59. The van der Waals surface area contributed by atoms with Crippen molar-refractivity contribution in [2.24, 2.45) is 0 Å². The predicted octanol–water partition coefficient (Wildman–Crippen LogP) is 4.98. The zero-order valence-electron chi connectivity index (χ0n) is 18.4. The average Bonchev–Trinajstić information content (AvgIpc) is 3.12. The largest absolute Gasteiger partial charge is 0.480 e. The standard InChI is InChI=1S/C26H26N2O4/c1-17(25(29)30)28(19-14-12-18(13-15-19)27(2)3)26(31)32-16-24-22-10-6-4-8-20(22)21-9-5-7-11-23(21)24/h4-15,17,24H,16H2,1-3H3,(H,29,30). The molecule has 32 heavy (non-hydrogen) atoms. The molecular weight excluding hydrogens is 404 g/mol. The summed E-state index contributed by atoms with van der Waals surface area (Å²) in [5.74, 6) is -1.19. The number of carboxylic acid groups (broad SMARTS) is 1. The highest BCUT2D eigenvalue weighted by Crippen LogP contribution is 2.44. The number of anilines is 2. The first-order valence-corrected chi connectivity index (χ1v) is 10.5. The van der Waals surface area contributed by atoms with Crippen molar-refractivity contribution in [2.75, 3.05) is 30.5 Å². The van der Waals surface area contributed by atoms with Crippen LogP contribution in [0.5, 0.6) is 0 Å². The summed E-state index contributed by atoms with van der Waals surface area (Å²) in [6.07, 6.45) is -0.681. The summed E-state index contributed by atoms with van der Waals surface area (Å²) in [4.78, 5) is 28.0. The minimum Gasteiger partial charge on any atom is -0.480 e. The van der Waals surface area contributed by atoms with Gasteiger partial charge in [0, 0.05) is 31.4 Å². The second-order valence-electron chi connectivity index (χ2n) is 8.10. The SMILES string of the molecule is CC(C(=O)O)N(C(=O)OCC1c2ccccc2-c2ccccc21)c1ccc(N(C)C)cc1. The summed E-state index contributed by atoms with van der Waals surface area (Å²) in [6, 6.07) is 22.3. The summed E-state index contributed by atoms with van der Waals surface area (Å²) in [6.45, 7) is 1.61. The Morgan fingerprint density at radius 2 is 1.38 bits per heavy atom. The van der Waals surface area contributed by atoms with Gasteiger partial charge in [0.2, 0.25) is 0 Å². The number of carbonyl (C=O) groups is 2. The summed E-state index contributed by atoms with van der Waals surface area (Å²) in [5.41, 5.74) is 5.91. The first-order valence-electron chi connectivity index (χ1n) is 10.5. The molecule has 0 saturated heterocycles. The molecule has 1 atom stereocenters. The molecule has 0 aliphatic heterocycles. The van der Waals surface area contributed by atoms with Gasteiger partial charge in [-0.1, -0.05) is 48.5 Å². The van der Waals surface area contributed by atoms with Gasteiger partial charge < -0.3 is 14.7 Å². The van der Waals surface area contributed by atoms with Gasteiger partial charge in [-0.25, -0.2) is 9.59 Å². The molecule has 1 amide bonds. The number of hydrogen-bond donors (Lipinski definition) is 1. The molecule has 0 spiro atoms. The number of carbonyl (C=O) groups excluding carboxylic acids is 1. The van der Waals surface area contributed by atoms with Crippen molar-refractivity contribution in [3.05, 3.63) is 83.9 Å². The van der Waals surface area contributed by atoms with Crippen molar-refractivity contribution in [1.82, 2.24) is 0 Å². The van der Waals surface area contributed by atoms with Gasteiger partial charge in [0.15, 0.2) is 0 Å². The number of nitrogens with zero attached hydrogens (tertiary/aromatic N) is 2. The number of aliphatic carboxylic acids is 1. The van der Waals surface area contributed by atoms with E-state index in [1.807, 2.05) is 67.5 Å². The highest BCUT2D eigenvalue weighted by atomic mass is 16.6. The number of fused-ring (bicyclic) bond motifs is 3. The minimum atomic E-state index is -1.10. The Labute approximate surface area is 187 Å². The topological polar surface area (TPSA) is 70.1 Å². The maximum Gasteiger partial charge on any atom is 0.415 e. The van der Waals surface area contributed by atoms with Crippen LogP contribution in [-0.2, 0) is 9.53 Å². The van der Waals surface area contributed by atoms with Crippen LogP contribution in [0.1, 0.15) is 24.0 Å². The maximum atomic E-state index is 13.1. The molecule has 1 unspecified atom stereocenters. The Kier molecular flexibility index (Phi) is 5.86. The van der Waals surface area contributed by atoms with E-state index < -0.39 is 18.1 Å². The van der Waals surface area contributed by atoms with E-state index in [9.17, 15) is 14.7 Å². The molecule has 3 aromatic carbocycles. The highest BCUT2D eigenvalue weighted by Gasteiger charge is 2.32. The van der Waals surface area contributed by atoms with Crippen LogP contribution in [0.3, 0.4) is 0 Å². The van der Waals surface area contributed by atoms with Crippen molar-refractivity contribution in [3.8, 4) is 11.1 Å². The van der Waals surface area contributed by atoms with Crippen molar-refractivity contribution < 1.29 is 19.4 Å². The van der Waals surface area contributed by atoms with Crippen molar-refractivity contribution in [3.63, 3.8) is 0 Å². The molecule has 0 fully saturated rings. The fraction of sp³-hybridized carbons (Fsp3) is 0.231. The first-order chi connectivity index (χ1) is 15.4. The lowest BCUT2D eigenvalue weighted by Gasteiger charge is -2.27. The fourth-order valence-corrected chi connectivity index (χ4v) is 4.17. The Morgan fingerprint density at radius 1 is 0.875 bits per heavy atom. The number of amides is 1. The van der Waals surface area contributed by atoms with Gasteiger partial charge in [0.25, 0.3) is 0 Å². The Bertz CT molecular complexity index is 1100. The number of carboxylic acids is 1. The summed E-state index contributed by atoms with van der Waals surface area (Å²) in [5, 5.41) is 9.59. The zero-order chi connectivity index (χ0) is 22.8. The third kappa shape index (κ3) is 3.91. The second-order valence-corrected chi connectivity index (χ2v) is 8.10. The third-order valence-electron chi connectivity index (χ3n) is 5.92. The van der Waals surface area contributed by atoms with Crippen molar-refractivity contribution in [1.29, 1.82) is 0 Å². The van der Waals surface area contributed by atoms with Crippen molar-refractivity contribution in [2.45, 2.75) is 18.9 Å². The van der Waals surface area contributed by atoms with Crippen LogP contribution >= 0.6 is 0 Å². The van der Waals surface area contributed by atoms with Gasteiger partial charge in [-0.15, -0.1) is 0 Å². The van der Waals surface area contributed by atoms with E-state index in [0.29, 0.717) is 5.69 Å². The molecule has 0 bridgehead atoms. The monoisotopic (exact) mass is 430 g/mol. The van der Waals surface area contributed by atoms with Gasteiger partial charge in [-0.3, -0.25) is 4.90 Å². The molecule has 0 radical (unpaired) electrons. The zero-order valence-corrected chi connectivity index (χ0v) is 18.4. The number of hydrogen-bond acceptors (Lipinski definition) is 4. The van der Waals surface area contributed by atoms with Crippen LogP contribution in [-0.4, -0.2) is 43.9 Å². The van der Waals surface area contributed by atoms with E-state index in [-0.39, 0.29) is 12.5 Å². The van der Waals surface area contributed by atoms with Gasteiger partial charge in [-0.2, -0.15) is 0 Å². The third-order valence-corrected chi connectivity index (χ3v) is 5.92. The van der Waals surface area contributed by atoms with E-state index in [1.165, 1.54) is 11.8 Å². The smallest absolute Gasteiger partial charge is 0.415 e. The number of ether oxygens (including phenoxy) is 1. The van der Waals surface area contributed by atoms with Crippen LogP contribution in [0, 0.1) is 0 Å². The van der Waals surface area contributed by atoms with Crippen LogP contribution in [0.25, 0.3) is 11.1 Å². The maximum absolute atomic E-state index is 13.1. The van der Waals surface area contributed by atoms with E-state index in [1.54, 1.807) is 12.1 Å². The van der Waals surface area contributed by atoms with Crippen LogP contribution in [0.15, 0.2) is 72.8 Å². The van der Waals surface area contributed by atoms with Crippen molar-refractivity contribution >= 4 is 23.4 Å². The van der Waals surface area contributed by atoms with Crippen LogP contribution < -0.4 is 9.80 Å². The molecule has 1 N–H and O–H groups in total. The van der Waals surface area contributed by atoms with Gasteiger partial charge in [0.1, 0.15) is 12.6 Å². The lowest BCUT2D eigenvalue weighted by atomic mass is 9.98. The number of rotatable bonds is 6. The van der Waals surface area contributed by atoms with E-state index in [4.69, 9.17) is 4.74 Å². The lowest BCUT2D eigenvalue weighted by molar-refractivity contribution is -0.138. The minimum absolute atomic E-state index is 0.0931. The van der Waals surface area contributed by atoms with E-state index >= 15 is 0 Å². The quantitative estimate of drug-likeness (QED) is 0.597. The summed E-state index contributed by atoms with van der Waals surface area (Å²) < 4.78 is 5.72. The normalized spacial score (nSPS) is 13.1. The Morgan fingerprint density at radius 3 is 1.88 bits per heavy atom. The molecule has 0 heterocycles. The lowest BCUT2D eigenvalue weighted by Crippen LogP contribution is -2.44. The molecule has 1 aliphatic carbocycles. The molecule has 0 aromatic heterocycles. The molecule has 6 heteroatoms. The Hall–Kier alpha value is -3.80. The molecule has 1 aliphatic rings. The van der Waals surface area contributed by atoms with Crippen LogP contribution in [0.2, 0.25) is 0 Å². The van der Waals surface area contributed by atoms with Gasteiger partial charge in [-0.05, 0) is 53.4 Å². The number of benzene rings is 3. The van der Waals surface area contributed by atoms with Crippen LogP contribution in [0.4, 0.5) is 16.2 Å². The first kappa shape index (κ1) is 21.4. The fourth-order valence-electron chi connectivity index (χ4n) is 4.17. The molecular formula is C26H26N2O4. The molecule has 6 nitrogen and oxygen atoms in total.